The Balaban J connectivity index is 1.19. The first-order valence-electron chi connectivity index (χ1n) is 17.8. The van der Waals surface area contributed by atoms with E-state index >= 15 is 0 Å². The first kappa shape index (κ1) is 28.4. The van der Waals surface area contributed by atoms with Crippen LogP contribution in [-0.4, -0.2) is 15.0 Å². The Bertz CT molecular complexity index is 2970. The van der Waals surface area contributed by atoms with Crippen LogP contribution in [0.4, 0.5) is 0 Å². The fraction of sp³-hybridized carbons (Fsp3) is 0.0851. The largest absolute Gasteiger partial charge is 0.342 e. The number of nitrogens with one attached hydrogen (secondary N) is 1. The lowest BCUT2D eigenvalue weighted by Gasteiger charge is -2.32. The van der Waals surface area contributed by atoms with Gasteiger partial charge >= 0.3 is 0 Å². The first-order valence-corrected chi connectivity index (χ1v) is 17.8. The predicted molar refractivity (Wildman–Crippen MR) is 213 cm³/mol. The summed E-state index contributed by atoms with van der Waals surface area (Å²) in [6.45, 7) is 4.69. The van der Waals surface area contributed by atoms with Gasteiger partial charge in [-0.25, -0.2) is 4.99 Å². The van der Waals surface area contributed by atoms with Gasteiger partial charge in [-0.1, -0.05) is 117 Å². The molecule has 0 saturated heterocycles. The zero-order chi connectivity index (χ0) is 33.8. The Labute approximate surface area is 295 Å². The van der Waals surface area contributed by atoms with Crippen molar-refractivity contribution in [1.82, 2.24) is 14.5 Å². The maximum absolute atomic E-state index is 5.74. The second-order valence-corrected chi connectivity index (χ2v) is 14.5. The molecule has 4 nitrogen and oxygen atoms in total. The van der Waals surface area contributed by atoms with Gasteiger partial charge < -0.3 is 14.5 Å². The molecule has 11 rings (SSSR count). The van der Waals surface area contributed by atoms with Crippen LogP contribution in [0.2, 0.25) is 0 Å². The van der Waals surface area contributed by atoms with E-state index in [4.69, 9.17) is 4.99 Å². The van der Waals surface area contributed by atoms with E-state index in [1.165, 1.54) is 76.8 Å². The van der Waals surface area contributed by atoms with Gasteiger partial charge in [0, 0.05) is 49.5 Å². The average molecular weight is 655 g/mol. The van der Waals surface area contributed by atoms with Crippen molar-refractivity contribution in [3.05, 3.63) is 180 Å². The lowest BCUT2D eigenvalue weighted by molar-refractivity contribution is 0.592. The first-order chi connectivity index (χ1) is 25.1. The standard InChI is InChI=1S/C47H34N4/c1-47(2)38-21-11-8-20-35(38)43-44(47)48-45(31-24-25-41-36(27-31)33-18-9-12-22-39(33)50(41)32-16-4-3-5-17-32)49-46(43)51-40-23-13-10-19-34(40)37-26-29-14-6-7-15-30(29)28-42(37)51/h3-28,46H,1-2H3,(H,48,49). The number of hydrogen-bond acceptors (Lipinski definition) is 2. The molecule has 51 heavy (non-hydrogen) atoms. The summed E-state index contributed by atoms with van der Waals surface area (Å²) in [4.78, 5) is 5.74. The van der Waals surface area contributed by atoms with Gasteiger partial charge in [0.2, 0.25) is 0 Å². The predicted octanol–water partition coefficient (Wildman–Crippen LogP) is 11.3. The van der Waals surface area contributed by atoms with E-state index < -0.39 is 0 Å². The minimum absolute atomic E-state index is 0.232. The van der Waals surface area contributed by atoms with E-state index in [-0.39, 0.29) is 11.6 Å². The van der Waals surface area contributed by atoms with E-state index in [1.807, 2.05) is 0 Å². The van der Waals surface area contributed by atoms with Crippen LogP contribution in [0.25, 0.3) is 65.6 Å². The van der Waals surface area contributed by atoms with Gasteiger partial charge in [0.05, 0.1) is 22.1 Å². The Hall–Kier alpha value is -6.39. The summed E-state index contributed by atoms with van der Waals surface area (Å²) in [6, 6.07) is 57.3. The van der Waals surface area contributed by atoms with Gasteiger partial charge in [-0.3, -0.25) is 0 Å². The second kappa shape index (κ2) is 10.3. The molecule has 2 aromatic heterocycles. The summed E-state index contributed by atoms with van der Waals surface area (Å²) >= 11 is 0. The molecule has 0 fully saturated rings. The van der Waals surface area contributed by atoms with Crippen molar-refractivity contribution >= 4 is 65.8 Å². The lowest BCUT2D eigenvalue weighted by atomic mass is 9.84. The average Bonchev–Trinajstić information content (AvgIpc) is 3.76. The monoisotopic (exact) mass is 654 g/mol. The maximum Gasteiger partial charge on any atom is 0.156 e. The molecule has 242 valence electrons. The molecule has 2 aliphatic rings. The fourth-order valence-corrected chi connectivity index (χ4v) is 8.96. The number of fused-ring (bicyclic) bond motifs is 9. The minimum atomic E-state index is -0.274. The Kier molecular flexibility index (Phi) is 5.75. The molecule has 0 spiro atoms. The smallest absolute Gasteiger partial charge is 0.156 e. The van der Waals surface area contributed by atoms with Crippen LogP contribution in [0.1, 0.15) is 36.7 Å². The molecular weight excluding hydrogens is 621 g/mol. The highest BCUT2D eigenvalue weighted by molar-refractivity contribution is 6.15. The molecule has 9 aromatic rings. The van der Waals surface area contributed by atoms with Crippen molar-refractivity contribution < 1.29 is 0 Å². The van der Waals surface area contributed by atoms with Crippen LogP contribution < -0.4 is 5.32 Å². The second-order valence-electron chi connectivity index (χ2n) is 14.5. The van der Waals surface area contributed by atoms with E-state index in [0.717, 1.165) is 17.1 Å². The highest BCUT2D eigenvalue weighted by Gasteiger charge is 2.44. The Morgan fingerprint density at radius 2 is 1.18 bits per heavy atom. The summed E-state index contributed by atoms with van der Waals surface area (Å²) < 4.78 is 4.86. The SMILES string of the molecule is CC1(C)C2=C(c3ccccc31)C(n1c3ccccc3c3cc4ccccc4cc31)N=C(c1ccc3c(c1)c1ccccc1n3-c1ccccc1)N2. The van der Waals surface area contributed by atoms with Crippen molar-refractivity contribution in [2.75, 3.05) is 0 Å². The minimum Gasteiger partial charge on any atom is -0.342 e. The molecule has 4 heteroatoms. The number of aliphatic imine (C=N–C) groups is 1. The van der Waals surface area contributed by atoms with Gasteiger partial charge in [0.1, 0.15) is 5.84 Å². The molecule has 1 aliphatic carbocycles. The summed E-state index contributed by atoms with van der Waals surface area (Å²) in [7, 11) is 0. The van der Waals surface area contributed by atoms with Crippen LogP contribution in [0.5, 0.6) is 0 Å². The van der Waals surface area contributed by atoms with Crippen LogP contribution in [0, 0.1) is 0 Å². The van der Waals surface area contributed by atoms with Crippen LogP contribution in [-0.2, 0) is 5.41 Å². The van der Waals surface area contributed by atoms with Crippen molar-refractivity contribution in [3.8, 4) is 5.69 Å². The highest BCUT2D eigenvalue weighted by Crippen LogP contribution is 2.52. The summed E-state index contributed by atoms with van der Waals surface area (Å²) in [5, 5.41) is 11.4. The van der Waals surface area contributed by atoms with Gasteiger partial charge in [-0.2, -0.15) is 0 Å². The maximum atomic E-state index is 5.74. The lowest BCUT2D eigenvalue weighted by Crippen LogP contribution is -2.37. The number of aromatic nitrogens is 2. The molecule has 0 amide bonds. The third-order valence-electron chi connectivity index (χ3n) is 11.3. The molecule has 1 atom stereocenters. The number of para-hydroxylation sites is 3. The normalized spacial score (nSPS) is 16.6. The van der Waals surface area contributed by atoms with E-state index in [9.17, 15) is 0 Å². The van der Waals surface area contributed by atoms with Crippen LogP contribution in [0.15, 0.2) is 168 Å². The molecule has 7 aromatic carbocycles. The van der Waals surface area contributed by atoms with E-state index in [2.05, 4.69) is 186 Å². The van der Waals surface area contributed by atoms with Crippen LogP contribution >= 0.6 is 0 Å². The number of nitrogens with zero attached hydrogens (tertiary/aromatic N) is 3. The molecule has 0 radical (unpaired) electrons. The molecule has 1 unspecified atom stereocenters. The van der Waals surface area contributed by atoms with Gasteiger partial charge in [0.25, 0.3) is 0 Å². The zero-order valence-corrected chi connectivity index (χ0v) is 28.4. The number of rotatable bonds is 3. The van der Waals surface area contributed by atoms with Crippen molar-refractivity contribution in [1.29, 1.82) is 0 Å². The molecule has 1 aliphatic heterocycles. The summed E-state index contributed by atoms with van der Waals surface area (Å²) in [5.74, 6) is 0.893. The molecule has 1 N–H and O–H groups in total. The third kappa shape index (κ3) is 3.93. The van der Waals surface area contributed by atoms with Gasteiger partial charge in [-0.05, 0) is 76.5 Å². The van der Waals surface area contributed by atoms with Crippen LogP contribution in [0.3, 0.4) is 0 Å². The Morgan fingerprint density at radius 3 is 2.00 bits per heavy atom. The zero-order valence-electron chi connectivity index (χ0n) is 28.4. The van der Waals surface area contributed by atoms with Crippen molar-refractivity contribution in [2.24, 2.45) is 4.99 Å². The molecular formula is C47H34N4. The quantitative estimate of drug-likeness (QED) is 0.202. The Morgan fingerprint density at radius 1 is 0.549 bits per heavy atom. The molecule has 0 bridgehead atoms. The van der Waals surface area contributed by atoms with E-state index in [1.54, 1.807) is 0 Å². The van der Waals surface area contributed by atoms with Gasteiger partial charge in [-0.15, -0.1) is 0 Å². The third-order valence-corrected chi connectivity index (χ3v) is 11.3. The topological polar surface area (TPSA) is 34.2 Å². The summed E-state index contributed by atoms with van der Waals surface area (Å²) in [6.07, 6.45) is -0.274. The molecule has 3 heterocycles. The number of benzene rings is 7. The number of allylic oxidation sites excluding steroid dienone is 1. The molecule has 0 saturated carbocycles. The number of amidine groups is 1. The summed E-state index contributed by atoms with van der Waals surface area (Å²) in [5.41, 5.74) is 11.8. The fourth-order valence-electron chi connectivity index (χ4n) is 8.96. The van der Waals surface area contributed by atoms with Crippen molar-refractivity contribution in [2.45, 2.75) is 25.4 Å². The number of hydrogen-bond donors (Lipinski definition) is 1. The van der Waals surface area contributed by atoms with Gasteiger partial charge in [0.15, 0.2) is 6.17 Å². The van der Waals surface area contributed by atoms with E-state index in [0.29, 0.717) is 0 Å². The highest BCUT2D eigenvalue weighted by atomic mass is 15.2. The van der Waals surface area contributed by atoms with Crippen molar-refractivity contribution in [3.63, 3.8) is 0 Å².